The lowest BCUT2D eigenvalue weighted by Gasteiger charge is -2.27. The molecule has 6 nitrogen and oxygen atoms in total. The van der Waals surface area contributed by atoms with E-state index in [-0.39, 0.29) is 12.2 Å². The highest BCUT2D eigenvalue weighted by atomic mass is 16.7. The summed E-state index contributed by atoms with van der Waals surface area (Å²) < 4.78 is 21.4. The van der Waals surface area contributed by atoms with Gasteiger partial charge in [-0.15, -0.1) is 0 Å². The number of ether oxygens (including phenoxy) is 4. The minimum Gasteiger partial charge on any atom is -0.434 e. The van der Waals surface area contributed by atoms with Crippen LogP contribution in [0, 0.1) is 11.8 Å². The van der Waals surface area contributed by atoms with Gasteiger partial charge in [0.2, 0.25) is 0 Å². The summed E-state index contributed by atoms with van der Waals surface area (Å²) in [5.74, 6) is 1.09. The van der Waals surface area contributed by atoms with Crippen molar-refractivity contribution in [1.29, 1.82) is 0 Å². The molecule has 0 aliphatic heterocycles. The van der Waals surface area contributed by atoms with Gasteiger partial charge >= 0.3 is 12.3 Å². The van der Waals surface area contributed by atoms with E-state index in [0.717, 1.165) is 38.5 Å². The lowest BCUT2D eigenvalue weighted by molar-refractivity contribution is -0.0298. The Morgan fingerprint density at radius 3 is 1.87 bits per heavy atom. The molecule has 1 aliphatic rings. The van der Waals surface area contributed by atoms with Crippen LogP contribution in [0.25, 0.3) is 0 Å². The average molecular weight is 443 g/mol. The molecule has 1 aliphatic carbocycles. The predicted octanol–water partition coefficient (Wildman–Crippen LogP) is 7.43. The van der Waals surface area contributed by atoms with Crippen LogP contribution in [0.5, 0.6) is 0 Å². The second-order valence-corrected chi connectivity index (χ2v) is 9.33. The Hall–Kier alpha value is -1.46. The van der Waals surface area contributed by atoms with Crippen LogP contribution in [0.2, 0.25) is 0 Å². The molecule has 0 heterocycles. The fourth-order valence-corrected chi connectivity index (χ4v) is 4.01. The lowest BCUT2D eigenvalue weighted by Crippen LogP contribution is -2.30. The molecule has 0 amide bonds. The summed E-state index contributed by atoms with van der Waals surface area (Å²) in [6.45, 7) is 9.58. The minimum atomic E-state index is -0.585. The van der Waals surface area contributed by atoms with Gasteiger partial charge in [0, 0.05) is 0 Å². The highest BCUT2D eigenvalue weighted by molar-refractivity contribution is 5.60. The first-order valence-electron chi connectivity index (χ1n) is 12.6. The maximum Gasteiger partial charge on any atom is 0.508 e. The van der Waals surface area contributed by atoms with Gasteiger partial charge in [-0.1, -0.05) is 59.8 Å². The van der Waals surface area contributed by atoms with Crippen LogP contribution in [-0.4, -0.2) is 37.7 Å². The van der Waals surface area contributed by atoms with E-state index in [2.05, 4.69) is 27.7 Å². The molecular weight excluding hydrogens is 396 g/mol. The van der Waals surface area contributed by atoms with E-state index in [1.54, 1.807) is 0 Å². The molecule has 0 radical (unpaired) electrons. The van der Waals surface area contributed by atoms with Crippen molar-refractivity contribution in [2.75, 3.05) is 13.2 Å². The minimum absolute atomic E-state index is 0.161. The topological polar surface area (TPSA) is 71.1 Å². The van der Waals surface area contributed by atoms with E-state index >= 15 is 0 Å². The van der Waals surface area contributed by atoms with Crippen LogP contribution in [0.1, 0.15) is 111 Å². The van der Waals surface area contributed by atoms with Gasteiger partial charge in [0.25, 0.3) is 0 Å². The Balaban J connectivity index is 2.15. The zero-order chi connectivity index (χ0) is 22.9. The van der Waals surface area contributed by atoms with Crippen LogP contribution in [-0.2, 0) is 18.9 Å². The molecule has 1 unspecified atom stereocenters. The first-order chi connectivity index (χ1) is 14.9. The van der Waals surface area contributed by atoms with Crippen molar-refractivity contribution < 1.29 is 28.5 Å². The Labute approximate surface area is 189 Å². The first kappa shape index (κ1) is 27.6. The smallest absolute Gasteiger partial charge is 0.434 e. The average Bonchev–Trinajstić information content (AvgIpc) is 2.73. The number of carbonyl (C=O) groups is 2. The summed E-state index contributed by atoms with van der Waals surface area (Å²) in [6.07, 6.45) is 11.2. The fourth-order valence-electron chi connectivity index (χ4n) is 4.01. The third-order valence-corrected chi connectivity index (χ3v) is 5.89. The highest BCUT2D eigenvalue weighted by Crippen LogP contribution is 2.25. The van der Waals surface area contributed by atoms with Crippen molar-refractivity contribution >= 4 is 12.3 Å². The maximum atomic E-state index is 12.1. The normalized spacial score (nSPS) is 19.6. The van der Waals surface area contributed by atoms with Gasteiger partial charge in [-0.25, -0.2) is 9.59 Å². The molecule has 0 aromatic carbocycles. The SMILES string of the molecule is CCCCCC(CCC)COC(=O)OC1CCC(OC(=O)OCCCCC(C)C)CC1. The van der Waals surface area contributed by atoms with Crippen LogP contribution >= 0.6 is 0 Å². The van der Waals surface area contributed by atoms with Crippen molar-refractivity contribution in [2.45, 2.75) is 123 Å². The van der Waals surface area contributed by atoms with Crippen LogP contribution < -0.4 is 0 Å². The van der Waals surface area contributed by atoms with Crippen molar-refractivity contribution in [3.05, 3.63) is 0 Å². The second-order valence-electron chi connectivity index (χ2n) is 9.33. The van der Waals surface area contributed by atoms with E-state index in [9.17, 15) is 9.59 Å². The number of hydrogen-bond acceptors (Lipinski definition) is 6. The number of unbranched alkanes of at least 4 members (excludes halogenated alkanes) is 3. The molecule has 1 saturated carbocycles. The molecule has 0 N–H and O–H groups in total. The van der Waals surface area contributed by atoms with Gasteiger partial charge in [0.15, 0.2) is 0 Å². The highest BCUT2D eigenvalue weighted by Gasteiger charge is 2.27. The van der Waals surface area contributed by atoms with E-state index in [0.29, 0.717) is 50.7 Å². The molecule has 0 saturated heterocycles. The summed E-state index contributed by atoms with van der Waals surface area (Å²) in [5.41, 5.74) is 0. The number of rotatable bonds is 15. The zero-order valence-corrected chi connectivity index (χ0v) is 20.4. The van der Waals surface area contributed by atoms with E-state index in [4.69, 9.17) is 18.9 Å². The zero-order valence-electron chi connectivity index (χ0n) is 20.4. The van der Waals surface area contributed by atoms with E-state index in [1.807, 2.05) is 0 Å². The Morgan fingerprint density at radius 2 is 1.32 bits per heavy atom. The third kappa shape index (κ3) is 14.3. The monoisotopic (exact) mass is 442 g/mol. The lowest BCUT2D eigenvalue weighted by atomic mass is 9.95. The Bertz CT molecular complexity index is 471. The Morgan fingerprint density at radius 1 is 0.742 bits per heavy atom. The van der Waals surface area contributed by atoms with Crippen molar-refractivity contribution in [2.24, 2.45) is 11.8 Å². The van der Waals surface area contributed by atoms with Gasteiger partial charge < -0.3 is 18.9 Å². The fraction of sp³-hybridized carbons (Fsp3) is 0.920. The molecule has 0 spiro atoms. The molecular formula is C25H46O6. The van der Waals surface area contributed by atoms with Gasteiger partial charge in [-0.05, 0) is 63.2 Å². The molecule has 1 rings (SSSR count). The van der Waals surface area contributed by atoms with E-state index < -0.39 is 12.3 Å². The maximum absolute atomic E-state index is 12.1. The van der Waals surface area contributed by atoms with Crippen molar-refractivity contribution in [1.82, 2.24) is 0 Å². The van der Waals surface area contributed by atoms with Crippen LogP contribution in [0.3, 0.4) is 0 Å². The standard InChI is InChI=1S/C25H46O6/c1-5-7-8-13-21(11-6-2)19-29-25(27)31-23-16-14-22(15-17-23)30-24(26)28-18-10-9-12-20(3)4/h20-23H,5-19H2,1-4H3. The predicted molar refractivity (Wildman–Crippen MR) is 122 cm³/mol. The molecule has 1 atom stereocenters. The van der Waals surface area contributed by atoms with Crippen LogP contribution in [0.15, 0.2) is 0 Å². The summed E-state index contributed by atoms with van der Waals surface area (Å²) in [6, 6.07) is 0. The third-order valence-electron chi connectivity index (χ3n) is 5.89. The molecule has 0 bridgehead atoms. The van der Waals surface area contributed by atoms with Gasteiger partial charge in [-0.3, -0.25) is 0 Å². The molecule has 0 aromatic heterocycles. The molecule has 1 fully saturated rings. The summed E-state index contributed by atoms with van der Waals surface area (Å²) in [7, 11) is 0. The first-order valence-corrected chi connectivity index (χ1v) is 12.6. The summed E-state index contributed by atoms with van der Waals surface area (Å²) in [5, 5.41) is 0. The summed E-state index contributed by atoms with van der Waals surface area (Å²) in [4.78, 5) is 23.9. The van der Waals surface area contributed by atoms with Gasteiger partial charge in [0.1, 0.15) is 12.2 Å². The summed E-state index contributed by atoms with van der Waals surface area (Å²) >= 11 is 0. The van der Waals surface area contributed by atoms with Gasteiger partial charge in [0.05, 0.1) is 13.2 Å². The Kier molecular flexibility index (Phi) is 15.2. The van der Waals surface area contributed by atoms with Gasteiger partial charge in [-0.2, -0.15) is 0 Å². The van der Waals surface area contributed by atoms with Crippen molar-refractivity contribution in [3.8, 4) is 0 Å². The molecule has 0 aromatic rings. The number of hydrogen-bond donors (Lipinski definition) is 0. The number of carbonyl (C=O) groups excluding carboxylic acids is 2. The molecule has 31 heavy (non-hydrogen) atoms. The quantitative estimate of drug-likeness (QED) is 0.194. The van der Waals surface area contributed by atoms with E-state index in [1.165, 1.54) is 19.3 Å². The van der Waals surface area contributed by atoms with Crippen molar-refractivity contribution in [3.63, 3.8) is 0 Å². The molecule has 6 heteroatoms. The second kappa shape index (κ2) is 17.1. The van der Waals surface area contributed by atoms with Crippen LogP contribution in [0.4, 0.5) is 9.59 Å². The largest absolute Gasteiger partial charge is 0.508 e. The molecule has 182 valence electrons.